The Kier molecular flexibility index (Phi) is 3.32. The van der Waals surface area contributed by atoms with Gasteiger partial charge in [0.1, 0.15) is 6.26 Å². The summed E-state index contributed by atoms with van der Waals surface area (Å²) in [6.45, 7) is 0.544. The third-order valence-electron chi connectivity index (χ3n) is 2.20. The predicted octanol–water partition coefficient (Wildman–Crippen LogP) is 2.95. The molecule has 0 radical (unpaired) electrons. The molecule has 1 N–H and O–H groups in total. The van der Waals surface area contributed by atoms with Crippen LogP contribution in [0, 0.1) is 4.51 Å². The summed E-state index contributed by atoms with van der Waals surface area (Å²) in [5, 5.41) is 8.86. The van der Waals surface area contributed by atoms with Crippen LogP contribution in [0.2, 0.25) is 0 Å². The van der Waals surface area contributed by atoms with Gasteiger partial charge in [0.05, 0.1) is 15.6 Å². The lowest BCUT2D eigenvalue weighted by Gasteiger charge is -2.15. The van der Waals surface area contributed by atoms with Gasteiger partial charge in [0.15, 0.2) is 17.1 Å². The SMILES string of the molecule is CN(CCO)c1cc(=S)c2occ(Br)c2o1. The van der Waals surface area contributed by atoms with Gasteiger partial charge in [-0.25, -0.2) is 0 Å². The molecule has 0 unspecified atom stereocenters. The minimum atomic E-state index is 0.0589. The van der Waals surface area contributed by atoms with Crippen molar-refractivity contribution in [1.82, 2.24) is 0 Å². The highest BCUT2D eigenvalue weighted by atomic mass is 79.9. The van der Waals surface area contributed by atoms with Gasteiger partial charge in [-0.05, 0) is 15.9 Å². The Morgan fingerprint density at radius 2 is 2.25 bits per heavy atom. The Morgan fingerprint density at radius 1 is 1.50 bits per heavy atom. The first-order valence-electron chi connectivity index (χ1n) is 4.66. The summed E-state index contributed by atoms with van der Waals surface area (Å²) in [6, 6.07) is 1.71. The summed E-state index contributed by atoms with van der Waals surface area (Å²) >= 11 is 8.52. The van der Waals surface area contributed by atoms with Crippen molar-refractivity contribution in [3.8, 4) is 0 Å². The van der Waals surface area contributed by atoms with Crippen LogP contribution in [-0.4, -0.2) is 25.3 Å². The van der Waals surface area contributed by atoms with Crippen molar-refractivity contribution in [2.75, 3.05) is 25.1 Å². The fraction of sp³-hybridized carbons (Fsp3) is 0.300. The van der Waals surface area contributed by atoms with Crippen LogP contribution in [0.3, 0.4) is 0 Å². The van der Waals surface area contributed by atoms with Crippen molar-refractivity contribution in [3.63, 3.8) is 0 Å². The molecule has 0 aliphatic heterocycles. The van der Waals surface area contributed by atoms with Gasteiger partial charge in [0.2, 0.25) is 0 Å². The van der Waals surface area contributed by atoms with Crippen molar-refractivity contribution >= 4 is 45.2 Å². The number of nitrogens with zero attached hydrogens (tertiary/aromatic N) is 1. The number of furan rings is 1. The minimum absolute atomic E-state index is 0.0589. The van der Waals surface area contributed by atoms with Gasteiger partial charge in [0, 0.05) is 19.7 Å². The molecule has 2 heterocycles. The van der Waals surface area contributed by atoms with E-state index in [9.17, 15) is 0 Å². The Hall–Kier alpha value is -0.850. The molecule has 86 valence electrons. The second-order valence-corrected chi connectivity index (χ2v) is 4.63. The van der Waals surface area contributed by atoms with Crippen LogP contribution in [0.15, 0.2) is 25.6 Å². The molecule has 0 bridgehead atoms. The molecule has 16 heavy (non-hydrogen) atoms. The third-order valence-corrected chi connectivity index (χ3v) is 3.05. The number of anilines is 1. The number of aliphatic hydroxyl groups is 1. The maximum atomic E-state index is 8.86. The van der Waals surface area contributed by atoms with E-state index in [2.05, 4.69) is 15.9 Å². The third kappa shape index (κ3) is 2.00. The fourth-order valence-electron chi connectivity index (χ4n) is 1.35. The van der Waals surface area contributed by atoms with Crippen molar-refractivity contribution in [2.45, 2.75) is 0 Å². The Morgan fingerprint density at radius 3 is 2.94 bits per heavy atom. The zero-order valence-electron chi connectivity index (χ0n) is 8.57. The quantitative estimate of drug-likeness (QED) is 0.884. The Balaban J connectivity index is 2.56. The lowest BCUT2D eigenvalue weighted by atomic mass is 10.4. The predicted molar refractivity (Wildman–Crippen MR) is 67.4 cm³/mol. The standard InChI is InChI=1S/C10H10BrNO3S/c1-12(2-3-13)8-4-7(16)10-9(15-8)6(11)5-14-10/h4-5,13H,2-3H2,1H3. The molecule has 0 amide bonds. The largest absolute Gasteiger partial charge is 0.458 e. The Labute approximate surface area is 106 Å². The molecule has 4 nitrogen and oxygen atoms in total. The maximum Gasteiger partial charge on any atom is 0.197 e. The van der Waals surface area contributed by atoms with E-state index in [-0.39, 0.29) is 6.61 Å². The second kappa shape index (κ2) is 4.57. The number of hydrogen-bond acceptors (Lipinski definition) is 5. The normalized spacial score (nSPS) is 10.9. The zero-order chi connectivity index (χ0) is 11.7. The summed E-state index contributed by atoms with van der Waals surface area (Å²) in [5.41, 5.74) is 1.15. The number of fused-ring (bicyclic) bond motifs is 1. The van der Waals surface area contributed by atoms with Crippen LogP contribution in [0.5, 0.6) is 0 Å². The van der Waals surface area contributed by atoms with Gasteiger partial charge in [-0.3, -0.25) is 0 Å². The summed E-state index contributed by atoms with van der Waals surface area (Å²) in [6.07, 6.45) is 1.54. The molecule has 0 aromatic carbocycles. The van der Waals surface area contributed by atoms with Gasteiger partial charge in [-0.1, -0.05) is 12.2 Å². The van der Waals surface area contributed by atoms with E-state index in [1.165, 1.54) is 0 Å². The molecular weight excluding hydrogens is 294 g/mol. The van der Waals surface area contributed by atoms with E-state index in [1.54, 1.807) is 17.2 Å². The molecule has 2 rings (SSSR count). The molecule has 2 aromatic rings. The molecule has 2 aromatic heterocycles. The molecule has 0 atom stereocenters. The van der Waals surface area contributed by atoms with Crippen LogP contribution in [-0.2, 0) is 0 Å². The van der Waals surface area contributed by atoms with Gasteiger partial charge >= 0.3 is 0 Å². The van der Waals surface area contributed by atoms with Gasteiger partial charge in [-0.15, -0.1) is 0 Å². The molecule has 0 fully saturated rings. The van der Waals surface area contributed by atoms with Crippen molar-refractivity contribution in [1.29, 1.82) is 0 Å². The average molecular weight is 304 g/mol. The second-order valence-electron chi connectivity index (χ2n) is 3.34. The maximum absolute atomic E-state index is 8.86. The van der Waals surface area contributed by atoms with E-state index >= 15 is 0 Å². The average Bonchev–Trinajstić information content (AvgIpc) is 2.61. The first-order valence-corrected chi connectivity index (χ1v) is 5.86. The van der Waals surface area contributed by atoms with Crippen LogP contribution < -0.4 is 4.90 Å². The molecule has 0 aliphatic carbocycles. The van der Waals surface area contributed by atoms with Crippen molar-refractivity contribution in [2.24, 2.45) is 0 Å². The molecule has 0 aliphatic rings. The zero-order valence-corrected chi connectivity index (χ0v) is 11.0. The first kappa shape index (κ1) is 11.6. The van der Waals surface area contributed by atoms with E-state index < -0.39 is 0 Å². The molecule has 0 saturated carbocycles. The van der Waals surface area contributed by atoms with Crippen LogP contribution in [0.4, 0.5) is 5.88 Å². The summed E-state index contributed by atoms with van der Waals surface area (Å²) < 4.78 is 12.2. The minimum Gasteiger partial charge on any atom is -0.458 e. The van der Waals surface area contributed by atoms with E-state index in [0.717, 1.165) is 4.47 Å². The lowest BCUT2D eigenvalue weighted by Crippen LogP contribution is -2.20. The smallest absolute Gasteiger partial charge is 0.197 e. The highest BCUT2D eigenvalue weighted by Crippen LogP contribution is 2.30. The number of halogens is 1. The van der Waals surface area contributed by atoms with E-state index in [4.69, 9.17) is 26.2 Å². The fourth-order valence-corrected chi connectivity index (χ4v) is 1.95. The van der Waals surface area contributed by atoms with E-state index in [1.807, 2.05) is 7.05 Å². The van der Waals surface area contributed by atoms with Gasteiger partial charge in [-0.2, -0.15) is 0 Å². The summed E-state index contributed by atoms with van der Waals surface area (Å²) in [4.78, 5) is 1.79. The summed E-state index contributed by atoms with van der Waals surface area (Å²) in [7, 11) is 1.82. The van der Waals surface area contributed by atoms with Crippen molar-refractivity contribution in [3.05, 3.63) is 21.3 Å². The monoisotopic (exact) mass is 303 g/mol. The highest BCUT2D eigenvalue weighted by molar-refractivity contribution is 9.10. The molecule has 0 saturated heterocycles. The van der Waals surface area contributed by atoms with Crippen LogP contribution >= 0.6 is 28.1 Å². The van der Waals surface area contributed by atoms with Crippen LogP contribution in [0.1, 0.15) is 0 Å². The lowest BCUT2D eigenvalue weighted by molar-refractivity contribution is 0.302. The van der Waals surface area contributed by atoms with Gasteiger partial charge < -0.3 is 18.8 Å². The number of likely N-dealkylation sites (N-methyl/N-ethyl adjacent to an activating group) is 1. The summed E-state index contributed by atoms with van der Waals surface area (Å²) in [5.74, 6) is 0.605. The molecule has 6 heteroatoms. The highest BCUT2D eigenvalue weighted by Gasteiger charge is 2.11. The Bertz CT molecular complexity index is 563. The molecular formula is C10H10BrNO3S. The van der Waals surface area contributed by atoms with E-state index in [0.29, 0.717) is 28.1 Å². The number of hydrogen-bond donors (Lipinski definition) is 1. The van der Waals surface area contributed by atoms with Crippen molar-refractivity contribution < 1.29 is 13.9 Å². The number of aliphatic hydroxyl groups excluding tert-OH is 1. The van der Waals surface area contributed by atoms with Gasteiger partial charge in [0.25, 0.3) is 0 Å². The molecule has 0 spiro atoms. The topological polar surface area (TPSA) is 49.8 Å². The van der Waals surface area contributed by atoms with Crippen LogP contribution in [0.25, 0.3) is 11.2 Å². The number of rotatable bonds is 3. The first-order chi connectivity index (χ1) is 7.63.